The number of hydrogen-bond acceptors (Lipinski definition) is 3. The molecule has 1 saturated carbocycles. The molecule has 1 N–H and O–H groups in total. The SMILES string of the molecule is CC(C)CC(C)NC1CCN(C(=O)OC(C)(C)C)C2(CCC2)C1. The van der Waals surface area contributed by atoms with Gasteiger partial charge in [0.25, 0.3) is 0 Å². The fraction of sp³-hybridized carbons (Fsp3) is 0.947. The Kier molecular flexibility index (Phi) is 5.65. The Morgan fingerprint density at radius 1 is 1.30 bits per heavy atom. The van der Waals surface area contributed by atoms with Crippen LogP contribution in [0.3, 0.4) is 0 Å². The molecule has 0 aromatic rings. The van der Waals surface area contributed by atoms with Crippen LogP contribution in [0.1, 0.15) is 80.1 Å². The summed E-state index contributed by atoms with van der Waals surface area (Å²) >= 11 is 0. The van der Waals surface area contributed by atoms with E-state index in [1.54, 1.807) is 0 Å². The minimum absolute atomic E-state index is 0.0514. The maximum absolute atomic E-state index is 12.6. The molecule has 23 heavy (non-hydrogen) atoms. The summed E-state index contributed by atoms with van der Waals surface area (Å²) in [4.78, 5) is 14.6. The molecule has 2 atom stereocenters. The molecule has 2 rings (SSSR count). The second-order valence-corrected chi connectivity index (χ2v) is 9.10. The number of hydrogen-bond donors (Lipinski definition) is 1. The molecule has 0 aromatic heterocycles. The predicted molar refractivity (Wildman–Crippen MR) is 94.6 cm³/mol. The molecule has 1 heterocycles. The van der Waals surface area contributed by atoms with Gasteiger partial charge in [-0.25, -0.2) is 4.79 Å². The molecule has 4 nitrogen and oxygen atoms in total. The molecule has 134 valence electrons. The van der Waals surface area contributed by atoms with Crippen LogP contribution in [0.5, 0.6) is 0 Å². The van der Waals surface area contributed by atoms with Gasteiger partial charge >= 0.3 is 6.09 Å². The van der Waals surface area contributed by atoms with Crippen LogP contribution in [-0.4, -0.2) is 40.8 Å². The molecular weight excluding hydrogens is 288 g/mol. The fourth-order valence-electron chi connectivity index (χ4n) is 4.17. The van der Waals surface area contributed by atoms with Crippen molar-refractivity contribution in [2.75, 3.05) is 6.54 Å². The van der Waals surface area contributed by atoms with Gasteiger partial charge < -0.3 is 15.0 Å². The highest BCUT2D eigenvalue weighted by molar-refractivity contribution is 5.69. The Bertz CT molecular complexity index is 410. The Hall–Kier alpha value is -0.770. The lowest BCUT2D eigenvalue weighted by atomic mass is 9.69. The summed E-state index contributed by atoms with van der Waals surface area (Å²) in [6.45, 7) is 13.5. The van der Waals surface area contributed by atoms with Crippen molar-refractivity contribution in [2.45, 2.75) is 103 Å². The van der Waals surface area contributed by atoms with Gasteiger partial charge in [-0.15, -0.1) is 0 Å². The van der Waals surface area contributed by atoms with E-state index >= 15 is 0 Å². The molecule has 1 spiro atoms. The topological polar surface area (TPSA) is 41.6 Å². The highest BCUT2D eigenvalue weighted by Gasteiger charge is 2.49. The summed E-state index contributed by atoms with van der Waals surface area (Å²) in [5.74, 6) is 0.719. The molecular formula is C19H36N2O2. The standard InChI is InChI=1S/C19H36N2O2/c1-14(2)12-15(3)20-16-8-11-21(17(22)23-18(4,5)6)19(13-16)9-7-10-19/h14-16,20H,7-13H2,1-6H3. The van der Waals surface area contributed by atoms with Crippen molar-refractivity contribution in [1.29, 1.82) is 0 Å². The van der Waals surface area contributed by atoms with Crippen molar-refractivity contribution in [1.82, 2.24) is 10.2 Å². The van der Waals surface area contributed by atoms with Gasteiger partial charge in [0.05, 0.1) is 0 Å². The van der Waals surface area contributed by atoms with E-state index in [0.717, 1.165) is 38.1 Å². The van der Waals surface area contributed by atoms with Crippen LogP contribution in [0.15, 0.2) is 0 Å². The zero-order chi connectivity index (χ0) is 17.3. The lowest BCUT2D eigenvalue weighted by molar-refractivity contribution is -0.0500. The van der Waals surface area contributed by atoms with Crippen molar-refractivity contribution in [3.05, 3.63) is 0 Å². The smallest absolute Gasteiger partial charge is 0.410 e. The van der Waals surface area contributed by atoms with Crippen molar-refractivity contribution >= 4 is 6.09 Å². The monoisotopic (exact) mass is 324 g/mol. The molecule has 1 aliphatic carbocycles. The van der Waals surface area contributed by atoms with E-state index in [0.29, 0.717) is 12.1 Å². The zero-order valence-corrected chi connectivity index (χ0v) is 15.9. The summed E-state index contributed by atoms with van der Waals surface area (Å²) in [5, 5.41) is 3.80. The maximum Gasteiger partial charge on any atom is 0.410 e. The van der Waals surface area contributed by atoms with E-state index in [-0.39, 0.29) is 11.6 Å². The lowest BCUT2D eigenvalue weighted by Gasteiger charge is -2.55. The van der Waals surface area contributed by atoms with Crippen LogP contribution in [0.25, 0.3) is 0 Å². The molecule has 1 aliphatic heterocycles. The van der Waals surface area contributed by atoms with E-state index in [4.69, 9.17) is 4.74 Å². The zero-order valence-electron chi connectivity index (χ0n) is 15.9. The number of carbonyl (C=O) groups excluding carboxylic acids is 1. The van der Waals surface area contributed by atoms with Crippen molar-refractivity contribution < 1.29 is 9.53 Å². The average Bonchev–Trinajstić information content (AvgIpc) is 2.33. The number of amides is 1. The summed E-state index contributed by atoms with van der Waals surface area (Å²) in [6, 6.07) is 1.08. The summed E-state index contributed by atoms with van der Waals surface area (Å²) in [6.07, 6.45) is 6.68. The second kappa shape index (κ2) is 7.00. The van der Waals surface area contributed by atoms with Crippen LogP contribution in [0.4, 0.5) is 4.79 Å². The van der Waals surface area contributed by atoms with Crippen LogP contribution < -0.4 is 5.32 Å². The van der Waals surface area contributed by atoms with Gasteiger partial charge in [-0.05, 0) is 72.1 Å². The molecule has 0 aromatic carbocycles. The van der Waals surface area contributed by atoms with Crippen molar-refractivity contribution in [3.8, 4) is 0 Å². The largest absolute Gasteiger partial charge is 0.444 e. The van der Waals surface area contributed by atoms with Gasteiger partial charge in [0.2, 0.25) is 0 Å². The van der Waals surface area contributed by atoms with Gasteiger partial charge in [0.15, 0.2) is 0 Å². The third kappa shape index (κ3) is 4.85. The first-order valence-corrected chi connectivity index (χ1v) is 9.38. The molecule has 2 unspecified atom stereocenters. The third-order valence-electron chi connectivity index (χ3n) is 5.14. The first-order valence-electron chi connectivity index (χ1n) is 9.38. The van der Waals surface area contributed by atoms with E-state index < -0.39 is 5.60 Å². The van der Waals surface area contributed by atoms with Crippen molar-refractivity contribution in [2.24, 2.45) is 5.92 Å². The fourth-order valence-corrected chi connectivity index (χ4v) is 4.17. The van der Waals surface area contributed by atoms with Gasteiger partial charge in [-0.1, -0.05) is 13.8 Å². The van der Waals surface area contributed by atoms with E-state index in [9.17, 15) is 4.79 Å². The summed E-state index contributed by atoms with van der Waals surface area (Å²) < 4.78 is 5.64. The number of nitrogens with zero attached hydrogens (tertiary/aromatic N) is 1. The molecule has 1 amide bonds. The Labute approximate surface area is 142 Å². The van der Waals surface area contributed by atoms with Gasteiger partial charge in [-0.3, -0.25) is 0 Å². The van der Waals surface area contributed by atoms with E-state index in [1.807, 2.05) is 25.7 Å². The number of ether oxygens (including phenoxy) is 1. The molecule has 1 saturated heterocycles. The van der Waals surface area contributed by atoms with Crippen LogP contribution in [0.2, 0.25) is 0 Å². The van der Waals surface area contributed by atoms with Crippen LogP contribution >= 0.6 is 0 Å². The van der Waals surface area contributed by atoms with E-state index in [1.165, 1.54) is 12.8 Å². The molecule has 2 aliphatic rings. The minimum atomic E-state index is -0.414. The molecule has 4 heteroatoms. The van der Waals surface area contributed by atoms with Crippen molar-refractivity contribution in [3.63, 3.8) is 0 Å². The van der Waals surface area contributed by atoms with Gasteiger partial charge in [0.1, 0.15) is 5.60 Å². The first-order chi connectivity index (χ1) is 10.6. The van der Waals surface area contributed by atoms with Gasteiger partial charge in [0, 0.05) is 24.2 Å². The highest BCUT2D eigenvalue weighted by atomic mass is 16.6. The highest BCUT2D eigenvalue weighted by Crippen LogP contribution is 2.45. The van der Waals surface area contributed by atoms with Crippen LogP contribution in [-0.2, 0) is 4.74 Å². The number of piperidine rings is 1. The van der Waals surface area contributed by atoms with E-state index in [2.05, 4.69) is 26.1 Å². The Morgan fingerprint density at radius 2 is 1.96 bits per heavy atom. The maximum atomic E-state index is 12.6. The van der Waals surface area contributed by atoms with Gasteiger partial charge in [-0.2, -0.15) is 0 Å². The number of likely N-dealkylation sites (tertiary alicyclic amines) is 1. The number of nitrogens with one attached hydrogen (secondary N) is 1. The normalized spacial score (nSPS) is 25.3. The first kappa shape index (κ1) is 18.6. The Balaban J connectivity index is 1.95. The Morgan fingerprint density at radius 3 is 2.43 bits per heavy atom. The average molecular weight is 325 g/mol. The summed E-state index contributed by atoms with van der Waals surface area (Å²) in [7, 11) is 0. The third-order valence-corrected chi connectivity index (χ3v) is 5.14. The second-order valence-electron chi connectivity index (χ2n) is 9.10. The number of rotatable bonds is 4. The predicted octanol–water partition coefficient (Wildman–Crippen LogP) is 4.33. The minimum Gasteiger partial charge on any atom is -0.444 e. The quantitative estimate of drug-likeness (QED) is 0.836. The molecule has 0 radical (unpaired) electrons. The number of carbonyl (C=O) groups is 1. The molecule has 0 bridgehead atoms. The lowest BCUT2D eigenvalue weighted by Crippen LogP contribution is -2.64. The summed E-state index contributed by atoms with van der Waals surface area (Å²) in [5.41, 5.74) is -0.362. The molecule has 2 fully saturated rings. The van der Waals surface area contributed by atoms with Crippen LogP contribution in [0, 0.1) is 5.92 Å².